The molecule has 29 heavy (non-hydrogen) atoms. The van der Waals surface area contributed by atoms with Crippen LogP contribution in [0, 0.1) is 0 Å². The first-order valence-electron chi connectivity index (χ1n) is 8.94. The minimum Gasteiger partial charge on any atom is -0.494 e. The Morgan fingerprint density at radius 2 is 2.00 bits per heavy atom. The SMILES string of the molecule is COc1cc2nc(C(C)(C)C)n(C(=O)N(C)C)c2cc1NC(=S)SCCC(=O)O. The third-order valence-corrected chi connectivity index (χ3v) is 5.23. The van der Waals surface area contributed by atoms with Gasteiger partial charge >= 0.3 is 12.0 Å². The van der Waals surface area contributed by atoms with Gasteiger partial charge in [0.1, 0.15) is 15.9 Å². The van der Waals surface area contributed by atoms with E-state index in [1.807, 2.05) is 20.8 Å². The minimum atomic E-state index is -0.875. The molecule has 158 valence electrons. The first-order chi connectivity index (χ1) is 13.5. The molecule has 1 aromatic carbocycles. The molecule has 0 unspecified atom stereocenters. The quantitative estimate of drug-likeness (QED) is 0.681. The van der Waals surface area contributed by atoms with Gasteiger partial charge in [-0.15, -0.1) is 0 Å². The van der Waals surface area contributed by atoms with E-state index < -0.39 is 5.97 Å². The van der Waals surface area contributed by atoms with Gasteiger partial charge in [-0.1, -0.05) is 44.8 Å². The number of carbonyl (C=O) groups excluding carboxylic acids is 1. The standard InChI is InChI=1S/C19H26N4O4S2/c1-19(2,3)16-20-11-10-14(27-6)12(21-17(28)29-8-7-15(24)25)9-13(11)23(16)18(26)22(4)5/h9-10H,7-8H2,1-6H3,(H,21,28)(H,24,25). The molecule has 10 heteroatoms. The number of carboxylic acids is 1. The van der Waals surface area contributed by atoms with Crippen molar-refractivity contribution < 1.29 is 19.4 Å². The van der Waals surface area contributed by atoms with Gasteiger partial charge in [0.15, 0.2) is 0 Å². The number of anilines is 1. The van der Waals surface area contributed by atoms with E-state index in [0.717, 1.165) is 0 Å². The highest BCUT2D eigenvalue weighted by atomic mass is 32.2. The van der Waals surface area contributed by atoms with E-state index in [2.05, 4.69) is 10.3 Å². The molecule has 0 saturated heterocycles. The van der Waals surface area contributed by atoms with Crippen molar-refractivity contribution in [2.24, 2.45) is 0 Å². The Kier molecular flexibility index (Phi) is 7.12. The van der Waals surface area contributed by atoms with Crippen LogP contribution in [0.4, 0.5) is 10.5 Å². The molecule has 2 N–H and O–H groups in total. The lowest BCUT2D eigenvalue weighted by Gasteiger charge is -2.21. The molecule has 0 spiro atoms. The molecule has 1 heterocycles. The molecule has 0 saturated carbocycles. The third kappa shape index (κ3) is 5.39. The van der Waals surface area contributed by atoms with Crippen LogP contribution in [-0.2, 0) is 10.2 Å². The molecule has 0 fully saturated rings. The topological polar surface area (TPSA) is 96.7 Å². The van der Waals surface area contributed by atoms with E-state index >= 15 is 0 Å². The number of aliphatic carboxylic acids is 1. The van der Waals surface area contributed by atoms with Crippen LogP contribution in [-0.4, -0.2) is 62.8 Å². The number of aromatic nitrogens is 2. The van der Waals surface area contributed by atoms with Crippen molar-refractivity contribution in [1.29, 1.82) is 0 Å². The van der Waals surface area contributed by atoms with E-state index in [0.29, 0.717) is 38.4 Å². The number of thioether (sulfide) groups is 1. The second-order valence-electron chi connectivity index (χ2n) is 7.64. The molecule has 1 aromatic heterocycles. The second kappa shape index (κ2) is 9.00. The molecule has 1 amide bonds. The van der Waals surface area contributed by atoms with Crippen molar-refractivity contribution in [2.45, 2.75) is 32.6 Å². The van der Waals surface area contributed by atoms with Gasteiger partial charge in [-0.3, -0.25) is 4.79 Å². The van der Waals surface area contributed by atoms with Crippen LogP contribution in [0.2, 0.25) is 0 Å². The van der Waals surface area contributed by atoms with E-state index in [1.165, 1.54) is 16.7 Å². The van der Waals surface area contributed by atoms with E-state index in [4.69, 9.17) is 22.1 Å². The molecule has 0 bridgehead atoms. The number of benzene rings is 1. The Bertz CT molecular complexity index is 948. The van der Waals surface area contributed by atoms with Gasteiger partial charge in [0.2, 0.25) is 0 Å². The number of carbonyl (C=O) groups is 2. The molecule has 0 aliphatic rings. The fourth-order valence-corrected chi connectivity index (χ4v) is 3.65. The summed E-state index contributed by atoms with van der Waals surface area (Å²) in [5, 5.41) is 11.9. The van der Waals surface area contributed by atoms with Crippen molar-refractivity contribution in [3.63, 3.8) is 0 Å². The number of fused-ring (bicyclic) bond motifs is 1. The summed E-state index contributed by atoms with van der Waals surface area (Å²) in [6.07, 6.45) is 0.0156. The average Bonchev–Trinajstić information content (AvgIpc) is 2.98. The highest BCUT2D eigenvalue weighted by molar-refractivity contribution is 8.23. The highest BCUT2D eigenvalue weighted by Crippen LogP contribution is 2.34. The lowest BCUT2D eigenvalue weighted by molar-refractivity contribution is -0.136. The Hall–Kier alpha value is -2.33. The lowest BCUT2D eigenvalue weighted by atomic mass is 9.96. The zero-order chi connectivity index (χ0) is 21.9. The summed E-state index contributed by atoms with van der Waals surface area (Å²) < 4.78 is 7.49. The van der Waals surface area contributed by atoms with Gasteiger partial charge in [0.25, 0.3) is 0 Å². The third-order valence-electron chi connectivity index (χ3n) is 4.01. The number of thiocarbonyl (C=S) groups is 1. The van der Waals surface area contributed by atoms with Crippen LogP contribution in [0.3, 0.4) is 0 Å². The van der Waals surface area contributed by atoms with E-state index in [1.54, 1.807) is 37.9 Å². The number of nitrogens with one attached hydrogen (secondary N) is 1. The zero-order valence-electron chi connectivity index (χ0n) is 17.4. The summed E-state index contributed by atoms with van der Waals surface area (Å²) in [6, 6.07) is 3.34. The summed E-state index contributed by atoms with van der Waals surface area (Å²) in [4.78, 5) is 29.8. The molecule has 2 aromatic rings. The number of amides is 1. The molecule has 0 atom stereocenters. The number of hydrogen-bond donors (Lipinski definition) is 2. The van der Waals surface area contributed by atoms with Gasteiger partial charge in [-0.2, -0.15) is 0 Å². The predicted octanol–water partition coefficient (Wildman–Crippen LogP) is 3.78. The maximum absolute atomic E-state index is 12.9. The summed E-state index contributed by atoms with van der Waals surface area (Å²) in [5.41, 5.74) is 1.50. The first kappa shape index (κ1) is 23.0. The maximum atomic E-state index is 12.9. The summed E-state index contributed by atoms with van der Waals surface area (Å²) >= 11 is 6.55. The minimum absolute atomic E-state index is 0.0156. The first-order valence-corrected chi connectivity index (χ1v) is 10.3. The molecular formula is C19H26N4O4S2. The van der Waals surface area contributed by atoms with Crippen molar-refractivity contribution in [2.75, 3.05) is 32.3 Å². The average molecular weight is 439 g/mol. The van der Waals surface area contributed by atoms with Gasteiger partial charge in [0.05, 0.1) is 30.3 Å². The van der Waals surface area contributed by atoms with Crippen LogP contribution in [0.15, 0.2) is 12.1 Å². The number of rotatable bonds is 5. The van der Waals surface area contributed by atoms with Gasteiger partial charge in [-0.05, 0) is 6.07 Å². The van der Waals surface area contributed by atoms with Crippen molar-refractivity contribution in [3.05, 3.63) is 18.0 Å². The summed E-state index contributed by atoms with van der Waals surface area (Å²) in [6.45, 7) is 5.99. The molecule has 0 radical (unpaired) electrons. The molecule has 8 nitrogen and oxygen atoms in total. The van der Waals surface area contributed by atoms with Crippen molar-refractivity contribution in [3.8, 4) is 5.75 Å². The number of nitrogens with zero attached hydrogens (tertiary/aromatic N) is 3. The van der Waals surface area contributed by atoms with Gasteiger partial charge in [-0.25, -0.2) is 14.3 Å². The Morgan fingerprint density at radius 3 is 2.52 bits per heavy atom. The van der Waals surface area contributed by atoms with Crippen LogP contribution in [0.5, 0.6) is 5.75 Å². The number of ether oxygens (including phenoxy) is 1. The van der Waals surface area contributed by atoms with Gasteiger partial charge < -0.3 is 20.1 Å². The fourth-order valence-electron chi connectivity index (χ4n) is 2.64. The van der Waals surface area contributed by atoms with E-state index in [-0.39, 0.29) is 17.9 Å². The molecular weight excluding hydrogens is 412 g/mol. The van der Waals surface area contributed by atoms with Crippen molar-refractivity contribution in [1.82, 2.24) is 14.5 Å². The molecule has 0 aliphatic heterocycles. The molecule has 2 rings (SSSR count). The Balaban J connectivity index is 2.52. The Morgan fingerprint density at radius 1 is 1.34 bits per heavy atom. The van der Waals surface area contributed by atoms with Crippen LogP contribution < -0.4 is 10.1 Å². The van der Waals surface area contributed by atoms with Crippen molar-refractivity contribution >= 4 is 57.0 Å². The largest absolute Gasteiger partial charge is 0.494 e. The highest BCUT2D eigenvalue weighted by Gasteiger charge is 2.28. The molecule has 0 aliphatic carbocycles. The van der Waals surface area contributed by atoms with Gasteiger partial charge in [0, 0.05) is 31.3 Å². The smallest absolute Gasteiger partial charge is 0.329 e. The number of hydrogen-bond acceptors (Lipinski definition) is 6. The van der Waals surface area contributed by atoms with Crippen LogP contribution in [0.25, 0.3) is 11.0 Å². The predicted molar refractivity (Wildman–Crippen MR) is 120 cm³/mol. The maximum Gasteiger partial charge on any atom is 0.329 e. The summed E-state index contributed by atoms with van der Waals surface area (Å²) in [5.74, 6) is 0.654. The summed E-state index contributed by atoms with van der Waals surface area (Å²) in [7, 11) is 4.93. The Labute approximate surface area is 179 Å². The second-order valence-corrected chi connectivity index (χ2v) is 9.42. The number of carboxylic acid groups (broad SMARTS) is 1. The monoisotopic (exact) mass is 438 g/mol. The number of methoxy groups -OCH3 is 1. The normalized spacial score (nSPS) is 11.4. The zero-order valence-corrected chi connectivity index (χ0v) is 19.0. The fraction of sp³-hybridized carbons (Fsp3) is 0.474. The lowest BCUT2D eigenvalue weighted by Crippen LogP contribution is -2.31. The van der Waals surface area contributed by atoms with E-state index in [9.17, 15) is 9.59 Å². The van der Waals surface area contributed by atoms with Crippen LogP contribution >= 0.6 is 24.0 Å². The number of imidazole rings is 1. The van der Waals surface area contributed by atoms with Crippen LogP contribution in [0.1, 0.15) is 33.0 Å².